The van der Waals surface area contributed by atoms with E-state index in [0.717, 1.165) is 24.5 Å². The highest BCUT2D eigenvalue weighted by Gasteiger charge is 2.31. The molecule has 0 spiro atoms. The van der Waals surface area contributed by atoms with Crippen LogP contribution in [0, 0.1) is 22.7 Å². The lowest BCUT2D eigenvalue weighted by molar-refractivity contribution is -0.137. The second-order valence-electron chi connectivity index (χ2n) is 4.95. The molecular formula is C15H11ClF3N7. The van der Waals surface area contributed by atoms with Crippen LogP contribution >= 0.6 is 11.6 Å². The summed E-state index contributed by atoms with van der Waals surface area (Å²) in [6.07, 6.45) is -3.43. The van der Waals surface area contributed by atoms with E-state index in [0.29, 0.717) is 0 Å². The van der Waals surface area contributed by atoms with Crippen LogP contribution in [0.3, 0.4) is 0 Å². The van der Waals surface area contributed by atoms with Crippen LogP contribution in [0.4, 0.5) is 36.2 Å². The van der Waals surface area contributed by atoms with Crippen molar-refractivity contribution in [3.63, 3.8) is 0 Å². The zero-order chi connectivity index (χ0) is 19.3. The number of nitrogens with zero attached hydrogens (tertiary/aromatic N) is 5. The van der Waals surface area contributed by atoms with Crippen LogP contribution < -0.4 is 16.0 Å². The van der Waals surface area contributed by atoms with E-state index >= 15 is 0 Å². The van der Waals surface area contributed by atoms with Crippen LogP contribution in [0.15, 0.2) is 24.5 Å². The van der Waals surface area contributed by atoms with Crippen molar-refractivity contribution in [3.05, 3.63) is 35.1 Å². The van der Waals surface area contributed by atoms with Gasteiger partial charge in [0, 0.05) is 0 Å². The fourth-order valence-electron chi connectivity index (χ4n) is 2.04. The number of anilines is 4. The summed E-state index contributed by atoms with van der Waals surface area (Å²) in [5.74, 6) is 0.103. The quantitative estimate of drug-likeness (QED) is 0.763. The minimum atomic E-state index is -4.54. The van der Waals surface area contributed by atoms with Gasteiger partial charge in [-0.15, -0.1) is 0 Å². The molecule has 0 saturated carbocycles. The maximum Gasteiger partial charge on any atom is 0.416 e. The molecular weight excluding hydrogens is 371 g/mol. The fraction of sp³-hybridized carbons (Fsp3) is 0.200. The summed E-state index contributed by atoms with van der Waals surface area (Å²) in [7, 11) is 0. The smallest absolute Gasteiger partial charge is 0.393 e. The highest BCUT2D eigenvalue weighted by molar-refractivity contribution is 6.33. The zero-order valence-corrected chi connectivity index (χ0v) is 13.8. The number of nitrogen functional groups attached to an aromatic ring is 1. The number of aromatic nitrogens is 2. The van der Waals surface area contributed by atoms with Gasteiger partial charge in [0.05, 0.1) is 28.4 Å². The van der Waals surface area contributed by atoms with Crippen molar-refractivity contribution in [1.82, 2.24) is 9.97 Å². The second-order valence-corrected chi connectivity index (χ2v) is 5.36. The maximum atomic E-state index is 12.9. The average Bonchev–Trinajstić information content (AvgIpc) is 2.57. The number of rotatable bonds is 5. The Morgan fingerprint density at radius 2 is 1.85 bits per heavy atom. The van der Waals surface area contributed by atoms with E-state index in [-0.39, 0.29) is 41.1 Å². The molecule has 0 aliphatic heterocycles. The fourth-order valence-corrected chi connectivity index (χ4v) is 2.20. The Hall–Kier alpha value is -3.24. The normalized spacial score (nSPS) is 10.7. The van der Waals surface area contributed by atoms with Crippen molar-refractivity contribution in [2.24, 2.45) is 0 Å². The summed E-state index contributed by atoms with van der Waals surface area (Å²) < 4.78 is 38.6. The summed E-state index contributed by atoms with van der Waals surface area (Å²) >= 11 is 5.94. The van der Waals surface area contributed by atoms with Crippen molar-refractivity contribution in [3.8, 4) is 12.1 Å². The lowest BCUT2D eigenvalue weighted by Gasteiger charge is -2.20. The monoisotopic (exact) mass is 381 g/mol. The van der Waals surface area contributed by atoms with E-state index in [2.05, 4.69) is 15.3 Å². The van der Waals surface area contributed by atoms with Crippen molar-refractivity contribution in [2.75, 3.05) is 29.0 Å². The summed E-state index contributed by atoms with van der Waals surface area (Å²) in [6.45, 7) is -0.308. The molecule has 0 aliphatic rings. The number of hydrogen-bond acceptors (Lipinski definition) is 7. The van der Waals surface area contributed by atoms with Gasteiger partial charge in [-0.05, 0) is 18.2 Å². The van der Waals surface area contributed by atoms with Crippen LogP contribution in [0.1, 0.15) is 5.56 Å². The Balaban J connectivity index is 2.41. The second kappa shape index (κ2) is 7.76. The predicted octanol–water partition coefficient (Wildman–Crippen LogP) is 3.33. The first kappa shape index (κ1) is 19.1. The summed E-state index contributed by atoms with van der Waals surface area (Å²) in [4.78, 5) is 9.12. The van der Waals surface area contributed by atoms with Crippen LogP contribution in [0.2, 0.25) is 5.02 Å². The third-order valence-corrected chi connectivity index (χ3v) is 3.56. The molecule has 0 amide bonds. The van der Waals surface area contributed by atoms with Gasteiger partial charge in [-0.1, -0.05) is 11.6 Å². The first-order valence-corrected chi connectivity index (χ1v) is 7.38. The molecule has 1 aromatic carbocycles. The summed E-state index contributed by atoms with van der Waals surface area (Å²) in [5, 5.41) is 20.3. The standard InChI is InChI=1S/C15H11ClF3N7/c16-10-2-1-9(15(17,18)19)7-11(10)25-13-12(22)14(24-8-23-13)26(5-3-20)6-4-21/h1-2,7-8H,5-6,22H2,(H,23,24,25). The van der Waals surface area contributed by atoms with E-state index in [4.69, 9.17) is 27.9 Å². The molecule has 0 saturated heterocycles. The molecule has 0 radical (unpaired) electrons. The van der Waals surface area contributed by atoms with Crippen molar-refractivity contribution in [1.29, 1.82) is 10.5 Å². The largest absolute Gasteiger partial charge is 0.416 e. The number of alkyl halides is 3. The van der Waals surface area contributed by atoms with Gasteiger partial charge in [0.15, 0.2) is 11.6 Å². The highest BCUT2D eigenvalue weighted by Crippen LogP contribution is 2.36. The Labute approximate surface area is 151 Å². The third kappa shape index (κ3) is 4.23. The van der Waals surface area contributed by atoms with Crippen LogP contribution in [-0.2, 0) is 6.18 Å². The van der Waals surface area contributed by atoms with Crippen molar-refractivity contribution < 1.29 is 13.2 Å². The highest BCUT2D eigenvalue weighted by atomic mass is 35.5. The Kier molecular flexibility index (Phi) is 5.70. The third-order valence-electron chi connectivity index (χ3n) is 3.23. The molecule has 0 unspecified atom stereocenters. The first-order valence-electron chi connectivity index (χ1n) is 7.01. The predicted molar refractivity (Wildman–Crippen MR) is 89.6 cm³/mol. The van der Waals surface area contributed by atoms with Gasteiger partial charge >= 0.3 is 6.18 Å². The Morgan fingerprint density at radius 1 is 1.19 bits per heavy atom. The van der Waals surface area contributed by atoms with Gasteiger partial charge in [-0.2, -0.15) is 23.7 Å². The molecule has 1 aromatic heterocycles. The van der Waals surface area contributed by atoms with Gasteiger partial charge in [0.1, 0.15) is 25.1 Å². The number of nitrogens with one attached hydrogen (secondary N) is 1. The van der Waals surface area contributed by atoms with Crippen LogP contribution in [-0.4, -0.2) is 23.1 Å². The van der Waals surface area contributed by atoms with Crippen LogP contribution in [0.25, 0.3) is 0 Å². The van der Waals surface area contributed by atoms with Crippen molar-refractivity contribution in [2.45, 2.75) is 6.18 Å². The Bertz CT molecular complexity index is 870. The van der Waals surface area contributed by atoms with Crippen molar-refractivity contribution >= 4 is 34.6 Å². The lowest BCUT2D eigenvalue weighted by Crippen LogP contribution is -2.26. The van der Waals surface area contributed by atoms with Gasteiger partial charge in [0.2, 0.25) is 0 Å². The van der Waals surface area contributed by atoms with Crippen LogP contribution in [0.5, 0.6) is 0 Å². The average molecular weight is 382 g/mol. The molecule has 7 nitrogen and oxygen atoms in total. The molecule has 0 aliphatic carbocycles. The Morgan fingerprint density at radius 3 is 2.42 bits per heavy atom. The maximum absolute atomic E-state index is 12.9. The molecule has 0 fully saturated rings. The number of hydrogen-bond donors (Lipinski definition) is 2. The van der Waals surface area contributed by atoms with Gasteiger partial charge in [-0.3, -0.25) is 0 Å². The van der Waals surface area contributed by atoms with E-state index in [1.54, 1.807) is 0 Å². The summed E-state index contributed by atoms with van der Waals surface area (Å²) in [6, 6.07) is 6.52. The first-order chi connectivity index (χ1) is 12.3. The molecule has 2 rings (SSSR count). The number of nitriles is 2. The molecule has 2 aromatic rings. The number of benzene rings is 1. The molecule has 3 N–H and O–H groups in total. The SMILES string of the molecule is N#CCN(CC#N)c1ncnc(Nc2cc(C(F)(F)F)ccc2Cl)c1N. The molecule has 0 atom stereocenters. The van der Waals surface area contributed by atoms with Gasteiger partial charge in [-0.25, -0.2) is 9.97 Å². The van der Waals surface area contributed by atoms with E-state index in [1.165, 1.54) is 4.90 Å². The van der Waals surface area contributed by atoms with E-state index in [1.807, 2.05) is 12.1 Å². The molecule has 11 heteroatoms. The molecule has 26 heavy (non-hydrogen) atoms. The van der Waals surface area contributed by atoms with E-state index < -0.39 is 11.7 Å². The summed E-state index contributed by atoms with van der Waals surface area (Å²) in [5.41, 5.74) is 4.97. The lowest BCUT2D eigenvalue weighted by atomic mass is 10.2. The number of nitrogens with two attached hydrogens (primary N) is 1. The zero-order valence-electron chi connectivity index (χ0n) is 13.0. The topological polar surface area (TPSA) is 115 Å². The molecule has 0 bridgehead atoms. The van der Waals surface area contributed by atoms with Gasteiger partial charge in [0.25, 0.3) is 0 Å². The minimum Gasteiger partial charge on any atom is -0.393 e. The van der Waals surface area contributed by atoms with Gasteiger partial charge < -0.3 is 16.0 Å². The number of halogens is 4. The minimum absolute atomic E-state index is 0.00268. The van der Waals surface area contributed by atoms with E-state index in [9.17, 15) is 13.2 Å². The molecule has 134 valence electrons. The molecule has 1 heterocycles.